The van der Waals surface area contributed by atoms with Crippen LogP contribution in [0.1, 0.15) is 91.4 Å². The quantitative estimate of drug-likeness (QED) is 0.275. The van der Waals surface area contributed by atoms with Gasteiger partial charge in [0.25, 0.3) is 0 Å². The number of esters is 1. The second kappa shape index (κ2) is 12.5. The highest BCUT2D eigenvalue weighted by Crippen LogP contribution is 2.67. The number of nitrogens with zero attached hydrogens (tertiary/aromatic N) is 2. The fraction of sp³-hybridized carbons (Fsp3) is 0.912. The Hall–Kier alpha value is -0.470. The fourth-order valence-corrected chi connectivity index (χ4v) is 11.5. The Morgan fingerprint density at radius 1 is 1.07 bits per heavy atom. The first-order chi connectivity index (χ1) is 19.3. The van der Waals surface area contributed by atoms with Crippen molar-refractivity contribution >= 4 is 5.97 Å². The van der Waals surface area contributed by atoms with Crippen LogP contribution < -0.4 is 17.0 Å². The van der Waals surface area contributed by atoms with E-state index in [1.165, 1.54) is 58.0 Å². The molecule has 0 aromatic carbocycles. The Morgan fingerprint density at radius 2 is 1.80 bits per heavy atom. The van der Waals surface area contributed by atoms with E-state index in [-0.39, 0.29) is 52.0 Å². The molecule has 2 saturated heterocycles. The lowest BCUT2D eigenvalue weighted by molar-refractivity contribution is -0.952. The van der Waals surface area contributed by atoms with Gasteiger partial charge in [0.2, 0.25) is 0 Å². The minimum Gasteiger partial charge on any atom is -1.00 e. The third kappa shape index (κ3) is 5.40. The summed E-state index contributed by atoms with van der Waals surface area (Å²) in [7, 11) is 0. The lowest BCUT2D eigenvalue weighted by Crippen LogP contribution is -3.00. The van der Waals surface area contributed by atoms with E-state index in [1.54, 1.807) is 0 Å². The second-order valence-electron chi connectivity index (χ2n) is 15.2. The Kier molecular flexibility index (Phi) is 9.73. The zero-order valence-electron chi connectivity index (χ0n) is 26.1. The third-order valence-electron chi connectivity index (χ3n) is 13.6. The van der Waals surface area contributed by atoms with Crippen molar-refractivity contribution in [2.45, 2.75) is 116 Å². The number of carbonyl (C=O) groups excluding carboxylic acids is 1. The van der Waals surface area contributed by atoms with Crippen LogP contribution in [0.2, 0.25) is 0 Å². The number of halogens is 1. The number of rotatable bonds is 6. The molecule has 0 bridgehead atoms. The number of aliphatic hydroxyl groups excluding tert-OH is 1. The molecular formula is C34H57BrN2O4. The molecule has 6 fully saturated rings. The molecule has 2 heterocycles. The maximum absolute atomic E-state index is 12.9. The van der Waals surface area contributed by atoms with E-state index < -0.39 is 0 Å². The number of carbonyl (C=O) groups is 1. The predicted octanol–water partition coefficient (Wildman–Crippen LogP) is 2.19. The van der Waals surface area contributed by atoms with Crippen molar-refractivity contribution in [1.82, 2.24) is 4.90 Å². The molecule has 10 atom stereocenters. The van der Waals surface area contributed by atoms with Crippen molar-refractivity contribution in [3.05, 3.63) is 12.7 Å². The van der Waals surface area contributed by atoms with Crippen LogP contribution in [-0.2, 0) is 14.3 Å². The first kappa shape index (κ1) is 31.9. The second-order valence-corrected chi connectivity index (χ2v) is 15.2. The van der Waals surface area contributed by atoms with E-state index in [2.05, 4.69) is 31.4 Å². The summed E-state index contributed by atoms with van der Waals surface area (Å²) in [4.78, 5) is 15.5. The van der Waals surface area contributed by atoms with Gasteiger partial charge in [0, 0.05) is 37.4 Å². The van der Waals surface area contributed by atoms with Crippen LogP contribution in [0.15, 0.2) is 12.7 Å². The van der Waals surface area contributed by atoms with E-state index in [9.17, 15) is 9.90 Å². The van der Waals surface area contributed by atoms with Gasteiger partial charge in [-0.3, -0.25) is 9.69 Å². The lowest BCUT2D eigenvalue weighted by atomic mass is 9.44. The van der Waals surface area contributed by atoms with Crippen LogP contribution in [0, 0.1) is 34.5 Å². The minimum absolute atomic E-state index is 0. The van der Waals surface area contributed by atoms with Gasteiger partial charge in [0.15, 0.2) is 6.10 Å². The summed E-state index contributed by atoms with van der Waals surface area (Å²) in [6.07, 6.45) is 14.5. The van der Waals surface area contributed by atoms with E-state index >= 15 is 0 Å². The number of hydrogen-bond acceptors (Lipinski definition) is 5. The zero-order chi connectivity index (χ0) is 28.1. The molecule has 41 heavy (non-hydrogen) atoms. The van der Waals surface area contributed by atoms with Gasteiger partial charge in [0.05, 0.1) is 39.0 Å². The number of piperidine rings is 1. The topological polar surface area (TPSA) is 59.0 Å². The summed E-state index contributed by atoms with van der Waals surface area (Å²) in [5.41, 5.74) is 0.333. The van der Waals surface area contributed by atoms with E-state index in [1.807, 2.05) is 6.92 Å². The molecule has 6 aliphatic rings. The molecule has 0 spiro atoms. The molecule has 6 nitrogen and oxygen atoms in total. The zero-order valence-corrected chi connectivity index (χ0v) is 27.7. The summed E-state index contributed by atoms with van der Waals surface area (Å²) in [6.45, 7) is 18.1. The SMILES string of the molecule is C=CC[N+]1(C2C[C@H]3[C@@H]4CCC5CC(O)C(N6CCOCC6)C[C@]5(C)[C@@H]4CC[C@]3(C)C2OC(=O)CC)CCCCC1.[Br-]. The Morgan fingerprint density at radius 3 is 2.49 bits per heavy atom. The molecular weight excluding hydrogens is 580 g/mol. The molecule has 4 saturated carbocycles. The van der Waals surface area contributed by atoms with Crippen LogP contribution in [-0.4, -0.2) is 90.7 Å². The van der Waals surface area contributed by atoms with Crippen molar-refractivity contribution in [2.24, 2.45) is 34.5 Å². The summed E-state index contributed by atoms with van der Waals surface area (Å²) < 4.78 is 13.3. The monoisotopic (exact) mass is 636 g/mol. The molecule has 1 N–H and O–H groups in total. The molecule has 0 aromatic heterocycles. The molecule has 4 aliphatic carbocycles. The highest BCUT2D eigenvalue weighted by Gasteiger charge is 2.67. The normalized spacial score (nSPS) is 45.9. The van der Waals surface area contributed by atoms with Crippen molar-refractivity contribution in [3.63, 3.8) is 0 Å². The smallest absolute Gasteiger partial charge is 0.306 e. The number of ether oxygens (including phenoxy) is 2. The fourth-order valence-electron chi connectivity index (χ4n) is 11.5. The maximum Gasteiger partial charge on any atom is 0.306 e. The molecule has 6 rings (SSSR count). The molecule has 7 heteroatoms. The Balaban J connectivity index is 0.00000337. The lowest BCUT2D eigenvalue weighted by Gasteiger charge is -2.62. The van der Waals surface area contributed by atoms with Gasteiger partial charge in [-0.2, -0.15) is 0 Å². The van der Waals surface area contributed by atoms with Crippen LogP contribution in [0.3, 0.4) is 0 Å². The minimum atomic E-state index is -0.211. The van der Waals surface area contributed by atoms with Gasteiger partial charge in [-0.15, -0.1) is 0 Å². The summed E-state index contributed by atoms with van der Waals surface area (Å²) >= 11 is 0. The molecule has 5 unspecified atom stereocenters. The Labute approximate surface area is 259 Å². The van der Waals surface area contributed by atoms with Crippen molar-refractivity contribution in [1.29, 1.82) is 0 Å². The van der Waals surface area contributed by atoms with Crippen molar-refractivity contribution in [3.8, 4) is 0 Å². The van der Waals surface area contributed by atoms with Gasteiger partial charge in [-0.05, 0) is 93.0 Å². The number of morpholine rings is 1. The standard InChI is InChI=1S/C34H57N2O4.BrH/c1-5-16-36(17-8-7-9-18-36)29-22-27-25-11-10-24-21-30(37)28(35-14-19-39-20-15-35)23-34(24,4)26(25)12-13-33(27,3)32(29)40-31(38)6-2;/h5,24-30,32,37H,1,6-23H2,2-4H3;1H/q+1;/p-1/t24?,25-,26-,27+,28?,29?,30?,32?,33+,34+;/m1./s1. The highest BCUT2D eigenvalue weighted by molar-refractivity contribution is 5.69. The number of hydrogen-bond donors (Lipinski definition) is 1. The van der Waals surface area contributed by atoms with Gasteiger partial charge in [0.1, 0.15) is 6.04 Å². The molecule has 0 radical (unpaired) electrons. The molecule has 0 aromatic rings. The van der Waals surface area contributed by atoms with Crippen molar-refractivity contribution < 1.29 is 40.8 Å². The largest absolute Gasteiger partial charge is 1.00 e. The maximum atomic E-state index is 12.9. The number of likely N-dealkylation sites (tertiary alicyclic amines) is 1. The van der Waals surface area contributed by atoms with Gasteiger partial charge < -0.3 is 36.0 Å². The van der Waals surface area contributed by atoms with Crippen LogP contribution in [0.25, 0.3) is 0 Å². The van der Waals surface area contributed by atoms with E-state index in [0.29, 0.717) is 36.1 Å². The summed E-state index contributed by atoms with van der Waals surface area (Å²) in [6, 6.07) is 0.656. The molecule has 234 valence electrons. The molecule has 2 aliphatic heterocycles. The summed E-state index contributed by atoms with van der Waals surface area (Å²) in [5.74, 6) is 2.62. The third-order valence-corrected chi connectivity index (χ3v) is 13.6. The van der Waals surface area contributed by atoms with Gasteiger partial charge in [-0.25, -0.2) is 0 Å². The van der Waals surface area contributed by atoms with Crippen LogP contribution in [0.4, 0.5) is 0 Å². The van der Waals surface area contributed by atoms with Crippen LogP contribution >= 0.6 is 0 Å². The van der Waals surface area contributed by atoms with Crippen LogP contribution in [0.5, 0.6) is 0 Å². The first-order valence-corrected chi connectivity index (χ1v) is 16.9. The number of aliphatic hydroxyl groups is 1. The summed E-state index contributed by atoms with van der Waals surface area (Å²) in [5, 5.41) is 11.3. The molecule has 0 amide bonds. The van der Waals surface area contributed by atoms with Gasteiger partial charge in [-0.1, -0.05) is 27.4 Å². The average Bonchev–Trinajstić information content (AvgIpc) is 3.26. The predicted molar refractivity (Wildman–Crippen MR) is 158 cm³/mol. The highest BCUT2D eigenvalue weighted by atomic mass is 79.9. The van der Waals surface area contributed by atoms with Crippen molar-refractivity contribution in [2.75, 3.05) is 45.9 Å². The van der Waals surface area contributed by atoms with Gasteiger partial charge >= 0.3 is 5.97 Å². The number of quaternary nitrogens is 1. The number of fused-ring (bicyclic) bond motifs is 5. The van der Waals surface area contributed by atoms with E-state index in [4.69, 9.17) is 9.47 Å². The Bertz CT molecular complexity index is 936. The first-order valence-electron chi connectivity index (χ1n) is 16.9. The average molecular weight is 638 g/mol. The van der Waals surface area contributed by atoms with E-state index in [0.717, 1.165) is 56.6 Å².